The Bertz CT molecular complexity index is 281. The molecule has 1 aliphatic carbocycles. The van der Waals surface area contributed by atoms with E-state index in [4.69, 9.17) is 15.7 Å². The van der Waals surface area contributed by atoms with Gasteiger partial charge in [0.25, 0.3) is 0 Å². The molecule has 0 spiro atoms. The molecule has 1 saturated heterocycles. The lowest BCUT2D eigenvalue weighted by molar-refractivity contribution is 0.169. The van der Waals surface area contributed by atoms with Crippen LogP contribution in [0.15, 0.2) is 5.16 Å². The molecule has 5 heteroatoms. The van der Waals surface area contributed by atoms with Gasteiger partial charge in [-0.3, -0.25) is 0 Å². The number of hydrogen-bond donors (Lipinski definition) is 3. The van der Waals surface area contributed by atoms with Crippen molar-refractivity contribution in [1.29, 1.82) is 0 Å². The second kappa shape index (κ2) is 4.22. The van der Waals surface area contributed by atoms with E-state index < -0.39 is 0 Å². The van der Waals surface area contributed by atoms with Crippen molar-refractivity contribution in [3.8, 4) is 0 Å². The van der Waals surface area contributed by atoms with E-state index in [1.807, 2.05) is 0 Å². The van der Waals surface area contributed by atoms with Crippen LogP contribution in [0.3, 0.4) is 0 Å². The molecule has 0 amide bonds. The number of oxime groups is 1. The first-order valence-corrected chi connectivity index (χ1v) is 5.87. The van der Waals surface area contributed by atoms with Gasteiger partial charge in [0, 0.05) is 25.1 Å². The average molecular weight is 227 g/mol. The van der Waals surface area contributed by atoms with Crippen LogP contribution >= 0.6 is 0 Å². The second-order valence-electron chi connectivity index (χ2n) is 5.48. The first-order chi connectivity index (χ1) is 7.58. The first-order valence-electron chi connectivity index (χ1n) is 5.87. The summed E-state index contributed by atoms with van der Waals surface area (Å²) < 4.78 is 5.40. The molecule has 1 atom stereocenters. The molecule has 1 aliphatic heterocycles. The fourth-order valence-corrected chi connectivity index (χ4v) is 2.22. The zero-order valence-corrected chi connectivity index (χ0v) is 9.83. The topological polar surface area (TPSA) is 79.9 Å². The van der Waals surface area contributed by atoms with Crippen LogP contribution in [0.1, 0.15) is 32.6 Å². The lowest BCUT2D eigenvalue weighted by Gasteiger charge is -2.27. The van der Waals surface area contributed by atoms with Crippen LogP contribution < -0.4 is 11.1 Å². The van der Waals surface area contributed by atoms with Crippen molar-refractivity contribution < 1.29 is 9.94 Å². The van der Waals surface area contributed by atoms with Gasteiger partial charge in [0.1, 0.15) is 5.84 Å². The van der Waals surface area contributed by atoms with Gasteiger partial charge in [-0.2, -0.15) is 0 Å². The molecule has 92 valence electrons. The lowest BCUT2D eigenvalue weighted by Crippen LogP contribution is -2.46. The number of ether oxygens (including phenoxy) is 1. The van der Waals surface area contributed by atoms with Crippen LogP contribution in [-0.2, 0) is 4.74 Å². The minimum absolute atomic E-state index is 0.112. The monoisotopic (exact) mass is 227 g/mol. The summed E-state index contributed by atoms with van der Waals surface area (Å²) in [5.74, 6) is 0.340. The molecule has 5 nitrogen and oxygen atoms in total. The van der Waals surface area contributed by atoms with Gasteiger partial charge >= 0.3 is 0 Å². The molecule has 1 saturated carbocycles. The summed E-state index contributed by atoms with van der Waals surface area (Å²) in [6.45, 7) is 4.76. The largest absolute Gasteiger partial charge is 0.409 e. The van der Waals surface area contributed by atoms with E-state index in [1.54, 1.807) is 0 Å². The molecule has 2 rings (SSSR count). The molecule has 0 aromatic carbocycles. The molecule has 4 N–H and O–H groups in total. The number of nitrogens with two attached hydrogens (primary N) is 1. The quantitative estimate of drug-likeness (QED) is 0.279. The average Bonchev–Trinajstić information content (AvgIpc) is 2.90. The Morgan fingerprint density at radius 2 is 2.25 bits per heavy atom. The fourth-order valence-electron chi connectivity index (χ4n) is 2.22. The van der Waals surface area contributed by atoms with Crippen LogP contribution in [-0.4, -0.2) is 36.3 Å². The molecule has 0 aromatic heterocycles. The third-order valence-electron chi connectivity index (χ3n) is 3.75. The minimum atomic E-state index is 0.112. The summed E-state index contributed by atoms with van der Waals surface area (Å²) in [6, 6.07) is 0. The fraction of sp³-hybridized carbons (Fsp3) is 0.909. The van der Waals surface area contributed by atoms with Gasteiger partial charge in [-0.25, -0.2) is 0 Å². The molecule has 2 aliphatic rings. The van der Waals surface area contributed by atoms with E-state index in [2.05, 4.69) is 17.4 Å². The smallest absolute Gasteiger partial charge is 0.139 e. The van der Waals surface area contributed by atoms with Crippen LogP contribution in [0.25, 0.3) is 0 Å². The summed E-state index contributed by atoms with van der Waals surface area (Å²) in [6.07, 6.45) is 4.07. The van der Waals surface area contributed by atoms with E-state index >= 15 is 0 Å². The Balaban J connectivity index is 1.81. The van der Waals surface area contributed by atoms with Crippen LogP contribution in [0.2, 0.25) is 0 Å². The minimum Gasteiger partial charge on any atom is -0.409 e. The number of rotatable bonds is 5. The molecular weight excluding hydrogens is 206 g/mol. The third kappa shape index (κ3) is 2.65. The normalized spacial score (nSPS) is 32.9. The first kappa shape index (κ1) is 11.7. The number of hydrogen-bond acceptors (Lipinski definition) is 4. The molecule has 0 bridgehead atoms. The van der Waals surface area contributed by atoms with E-state index in [0.29, 0.717) is 12.3 Å². The Hall–Kier alpha value is -0.810. The van der Waals surface area contributed by atoms with E-state index in [-0.39, 0.29) is 11.0 Å². The van der Waals surface area contributed by atoms with Gasteiger partial charge in [0.15, 0.2) is 0 Å². The van der Waals surface area contributed by atoms with Crippen LogP contribution in [0.5, 0.6) is 0 Å². The molecule has 16 heavy (non-hydrogen) atoms. The van der Waals surface area contributed by atoms with Crippen molar-refractivity contribution in [1.82, 2.24) is 5.32 Å². The maximum atomic E-state index is 8.58. The summed E-state index contributed by atoms with van der Waals surface area (Å²) in [5, 5.41) is 15.2. The Morgan fingerprint density at radius 3 is 2.75 bits per heavy atom. The zero-order chi connectivity index (χ0) is 11.6. The summed E-state index contributed by atoms with van der Waals surface area (Å²) in [5.41, 5.74) is 5.90. The van der Waals surface area contributed by atoms with Gasteiger partial charge < -0.3 is 21.0 Å². The lowest BCUT2D eigenvalue weighted by atomic mass is 9.97. The SMILES string of the molecule is CC1(NCC2(CC(N)=NO)CC2)CCOC1. The Morgan fingerprint density at radius 1 is 1.50 bits per heavy atom. The number of nitrogens with zero attached hydrogens (tertiary/aromatic N) is 1. The van der Waals surface area contributed by atoms with Crippen LogP contribution in [0, 0.1) is 5.41 Å². The number of nitrogens with one attached hydrogen (secondary N) is 1. The predicted octanol–water partition coefficient (Wildman–Crippen LogP) is 0.672. The maximum Gasteiger partial charge on any atom is 0.139 e. The van der Waals surface area contributed by atoms with Crippen molar-refractivity contribution in [2.24, 2.45) is 16.3 Å². The van der Waals surface area contributed by atoms with Crippen molar-refractivity contribution in [3.63, 3.8) is 0 Å². The standard InChI is InChI=1S/C11H21N3O2/c1-10(4-5-16-8-10)13-7-11(2-3-11)6-9(12)14-15/h13,15H,2-8H2,1H3,(H2,12,14). The van der Waals surface area contributed by atoms with E-state index in [0.717, 1.165) is 39.0 Å². The highest BCUT2D eigenvalue weighted by molar-refractivity contribution is 5.80. The summed E-state index contributed by atoms with van der Waals surface area (Å²) in [7, 11) is 0. The Labute approximate surface area is 96.0 Å². The van der Waals surface area contributed by atoms with Gasteiger partial charge in [0.2, 0.25) is 0 Å². The zero-order valence-electron chi connectivity index (χ0n) is 9.83. The molecular formula is C11H21N3O2. The Kier molecular flexibility index (Phi) is 3.08. The van der Waals surface area contributed by atoms with E-state index in [9.17, 15) is 0 Å². The van der Waals surface area contributed by atoms with Gasteiger partial charge in [-0.1, -0.05) is 5.16 Å². The summed E-state index contributed by atoms with van der Waals surface area (Å²) in [4.78, 5) is 0. The molecule has 2 fully saturated rings. The van der Waals surface area contributed by atoms with Crippen molar-refractivity contribution in [3.05, 3.63) is 0 Å². The van der Waals surface area contributed by atoms with Crippen molar-refractivity contribution >= 4 is 5.84 Å². The second-order valence-corrected chi connectivity index (χ2v) is 5.48. The maximum absolute atomic E-state index is 8.58. The van der Waals surface area contributed by atoms with Crippen molar-refractivity contribution in [2.75, 3.05) is 19.8 Å². The highest BCUT2D eigenvalue weighted by atomic mass is 16.5. The molecule has 1 unspecified atom stereocenters. The number of amidine groups is 1. The molecule has 0 aromatic rings. The van der Waals surface area contributed by atoms with Gasteiger partial charge in [-0.05, 0) is 31.6 Å². The third-order valence-corrected chi connectivity index (χ3v) is 3.75. The van der Waals surface area contributed by atoms with Gasteiger partial charge in [0.05, 0.1) is 6.61 Å². The van der Waals surface area contributed by atoms with E-state index in [1.165, 1.54) is 0 Å². The highest BCUT2D eigenvalue weighted by Crippen LogP contribution is 2.48. The van der Waals surface area contributed by atoms with Crippen molar-refractivity contribution in [2.45, 2.75) is 38.1 Å². The predicted molar refractivity (Wildman–Crippen MR) is 61.5 cm³/mol. The van der Waals surface area contributed by atoms with Crippen LogP contribution in [0.4, 0.5) is 0 Å². The molecule has 0 radical (unpaired) electrons. The molecule has 1 heterocycles. The highest BCUT2D eigenvalue weighted by Gasteiger charge is 2.44. The van der Waals surface area contributed by atoms with Gasteiger partial charge in [-0.15, -0.1) is 0 Å². The summed E-state index contributed by atoms with van der Waals surface area (Å²) >= 11 is 0.